The molecule has 8 heteroatoms. The van der Waals surface area contributed by atoms with Crippen LogP contribution in [0.15, 0.2) is 67.0 Å². The first-order valence-corrected chi connectivity index (χ1v) is 12.9. The van der Waals surface area contributed by atoms with E-state index >= 15 is 0 Å². The second kappa shape index (κ2) is 8.44. The van der Waals surface area contributed by atoms with Crippen molar-refractivity contribution in [3.05, 3.63) is 72.8 Å². The number of amides is 1. The van der Waals surface area contributed by atoms with Gasteiger partial charge in [-0.25, -0.2) is 9.97 Å². The second-order valence-corrected chi connectivity index (χ2v) is 10.3. The van der Waals surface area contributed by atoms with Crippen molar-refractivity contribution in [1.29, 1.82) is 0 Å². The summed E-state index contributed by atoms with van der Waals surface area (Å²) in [4.78, 5) is 37.4. The maximum absolute atomic E-state index is 13.4. The number of benzene rings is 2. The van der Waals surface area contributed by atoms with E-state index in [9.17, 15) is 9.59 Å². The van der Waals surface area contributed by atoms with Crippen molar-refractivity contribution in [2.75, 3.05) is 5.73 Å². The van der Waals surface area contributed by atoms with E-state index in [0.717, 1.165) is 49.2 Å². The summed E-state index contributed by atoms with van der Waals surface area (Å²) in [5, 5.41) is 0. The molecular formula is C29H27N5O3. The van der Waals surface area contributed by atoms with Crippen LogP contribution in [-0.4, -0.2) is 37.0 Å². The first-order valence-electron chi connectivity index (χ1n) is 12.9. The van der Waals surface area contributed by atoms with Gasteiger partial charge in [0.1, 0.15) is 34.4 Å². The van der Waals surface area contributed by atoms with Gasteiger partial charge >= 0.3 is 0 Å². The highest BCUT2D eigenvalue weighted by Gasteiger charge is 2.53. The first-order chi connectivity index (χ1) is 18.1. The molecular weight excluding hydrogens is 466 g/mol. The fraction of sp³-hybridized carbons (Fsp3) is 0.310. The Bertz CT molecular complexity index is 1510. The summed E-state index contributed by atoms with van der Waals surface area (Å²) in [6.45, 7) is 0. The minimum absolute atomic E-state index is 0.0922. The SMILES string of the molecule is Nc1nccn2c([C@@H]3C4CCC(C4)N3C(=O)C(=O)C3CC3)nc(-c3ccc(Oc4ccccc4)cc3)c12. The normalized spacial score (nSPS) is 22.5. The molecule has 3 fully saturated rings. The number of hydrogen-bond donors (Lipinski definition) is 1. The number of ketones is 1. The Morgan fingerprint density at radius 3 is 2.46 bits per heavy atom. The zero-order chi connectivity index (χ0) is 25.1. The molecule has 4 aromatic rings. The van der Waals surface area contributed by atoms with Gasteiger partial charge in [-0.05, 0) is 74.4 Å². The third kappa shape index (κ3) is 3.66. The van der Waals surface area contributed by atoms with Crippen LogP contribution < -0.4 is 10.5 Å². The molecule has 3 aliphatic rings. The predicted octanol–water partition coefficient (Wildman–Crippen LogP) is 4.80. The molecule has 2 aromatic heterocycles. The van der Waals surface area contributed by atoms with Crippen molar-refractivity contribution >= 4 is 23.0 Å². The lowest BCUT2D eigenvalue weighted by molar-refractivity contribution is -0.148. The number of anilines is 1. The van der Waals surface area contributed by atoms with Gasteiger partial charge in [-0.3, -0.25) is 14.0 Å². The number of aromatic nitrogens is 3. The fourth-order valence-corrected chi connectivity index (χ4v) is 6.06. The topological polar surface area (TPSA) is 103 Å². The van der Waals surface area contributed by atoms with Gasteiger partial charge in [0.15, 0.2) is 0 Å². The number of para-hydroxylation sites is 1. The number of likely N-dealkylation sites (tertiary alicyclic amines) is 1. The lowest BCUT2D eigenvalue weighted by Crippen LogP contribution is -2.44. The van der Waals surface area contributed by atoms with E-state index < -0.39 is 0 Å². The van der Waals surface area contributed by atoms with Crippen LogP contribution in [0, 0.1) is 11.8 Å². The standard InChI is InChI=1S/C29H27N5O3/c30-27-25-23(17-9-12-22(13-10-17)37-21-4-2-1-3-5-21)32-28(33(25)15-14-31-27)24-19-8-11-20(16-19)34(24)29(36)26(35)18-6-7-18/h1-5,9-10,12-15,18-20,24H,6-8,11,16H2,(H2,30,31)/t19?,20?,24-/m0/s1. The molecule has 3 heterocycles. The molecule has 2 unspecified atom stereocenters. The highest BCUT2D eigenvalue weighted by Crippen LogP contribution is 2.51. The zero-order valence-corrected chi connectivity index (χ0v) is 20.3. The van der Waals surface area contributed by atoms with Gasteiger partial charge in [0.25, 0.3) is 5.91 Å². The summed E-state index contributed by atoms with van der Waals surface area (Å²) in [5.41, 5.74) is 8.66. The quantitative estimate of drug-likeness (QED) is 0.387. The van der Waals surface area contributed by atoms with Gasteiger partial charge in [-0.15, -0.1) is 0 Å². The number of fused-ring (bicyclic) bond motifs is 3. The van der Waals surface area contributed by atoms with Crippen LogP contribution in [0.3, 0.4) is 0 Å². The smallest absolute Gasteiger partial charge is 0.291 e. The number of rotatable bonds is 6. The summed E-state index contributed by atoms with van der Waals surface area (Å²) >= 11 is 0. The van der Waals surface area contributed by atoms with Crippen molar-refractivity contribution in [2.45, 2.75) is 44.2 Å². The molecule has 1 saturated heterocycles. The van der Waals surface area contributed by atoms with E-state index in [0.29, 0.717) is 22.8 Å². The number of nitrogen functional groups attached to an aromatic ring is 1. The van der Waals surface area contributed by atoms with Crippen LogP contribution >= 0.6 is 0 Å². The molecule has 37 heavy (non-hydrogen) atoms. The highest BCUT2D eigenvalue weighted by atomic mass is 16.5. The maximum atomic E-state index is 13.4. The third-order valence-electron chi connectivity index (χ3n) is 7.96. The van der Waals surface area contributed by atoms with E-state index in [1.807, 2.05) is 70.1 Å². The van der Waals surface area contributed by atoms with Crippen LogP contribution in [-0.2, 0) is 9.59 Å². The van der Waals surface area contributed by atoms with Crippen molar-refractivity contribution in [3.8, 4) is 22.8 Å². The summed E-state index contributed by atoms with van der Waals surface area (Å²) in [6.07, 6.45) is 8.01. The average Bonchev–Trinajstić information content (AvgIpc) is 3.39. The van der Waals surface area contributed by atoms with Crippen LogP contribution in [0.4, 0.5) is 5.82 Å². The largest absolute Gasteiger partial charge is 0.457 e. The Labute approximate surface area is 214 Å². The molecule has 0 spiro atoms. The van der Waals surface area contributed by atoms with E-state index in [1.54, 1.807) is 6.20 Å². The van der Waals surface area contributed by atoms with E-state index in [4.69, 9.17) is 15.5 Å². The molecule has 3 atom stereocenters. The van der Waals surface area contributed by atoms with Gasteiger partial charge in [-0.2, -0.15) is 0 Å². The number of ether oxygens (including phenoxy) is 1. The molecule has 8 nitrogen and oxygen atoms in total. The molecule has 7 rings (SSSR count). The minimum Gasteiger partial charge on any atom is -0.457 e. The van der Waals surface area contributed by atoms with E-state index in [-0.39, 0.29) is 35.6 Å². The number of piperidine rings is 1. The number of carbonyl (C=O) groups is 2. The van der Waals surface area contributed by atoms with Gasteiger partial charge in [0.05, 0.1) is 6.04 Å². The Hall–Kier alpha value is -4.20. The number of imidazole rings is 1. The summed E-state index contributed by atoms with van der Waals surface area (Å²) in [6, 6.07) is 17.2. The Kier molecular flexibility index (Phi) is 5.02. The van der Waals surface area contributed by atoms with Crippen LogP contribution in [0.25, 0.3) is 16.8 Å². The number of nitrogens with zero attached hydrogens (tertiary/aromatic N) is 4. The first kappa shape index (κ1) is 22.0. The summed E-state index contributed by atoms with van der Waals surface area (Å²) < 4.78 is 7.91. The molecule has 2 bridgehead atoms. The second-order valence-electron chi connectivity index (χ2n) is 10.3. The molecule has 186 valence electrons. The lowest BCUT2D eigenvalue weighted by atomic mass is 9.97. The maximum Gasteiger partial charge on any atom is 0.291 e. The Morgan fingerprint density at radius 1 is 0.946 bits per heavy atom. The average molecular weight is 494 g/mol. The summed E-state index contributed by atoms with van der Waals surface area (Å²) in [7, 11) is 0. The van der Waals surface area contributed by atoms with E-state index in [1.165, 1.54) is 0 Å². The van der Waals surface area contributed by atoms with Gasteiger partial charge < -0.3 is 15.4 Å². The Balaban J connectivity index is 1.28. The van der Waals surface area contributed by atoms with Crippen molar-refractivity contribution in [2.24, 2.45) is 11.8 Å². The lowest BCUT2D eigenvalue weighted by Gasteiger charge is -2.34. The van der Waals surface area contributed by atoms with Crippen LogP contribution in [0.2, 0.25) is 0 Å². The van der Waals surface area contributed by atoms with Crippen LogP contribution in [0.1, 0.15) is 44.0 Å². The molecule has 2 saturated carbocycles. The molecule has 1 amide bonds. The molecule has 2 aliphatic carbocycles. The number of Topliss-reactive ketones (excluding diaryl/α,β-unsaturated/α-hetero) is 1. The van der Waals surface area contributed by atoms with Gasteiger partial charge in [0.2, 0.25) is 5.78 Å². The minimum atomic E-state index is -0.345. The summed E-state index contributed by atoms with van der Waals surface area (Å²) in [5.74, 6) is 2.18. The fourth-order valence-electron chi connectivity index (χ4n) is 6.06. The number of hydrogen-bond acceptors (Lipinski definition) is 6. The van der Waals surface area contributed by atoms with E-state index in [2.05, 4.69) is 4.98 Å². The van der Waals surface area contributed by atoms with Crippen LogP contribution in [0.5, 0.6) is 11.5 Å². The zero-order valence-electron chi connectivity index (χ0n) is 20.3. The van der Waals surface area contributed by atoms with Gasteiger partial charge in [-0.1, -0.05) is 18.2 Å². The van der Waals surface area contributed by atoms with Crippen molar-refractivity contribution in [3.63, 3.8) is 0 Å². The number of nitrogens with two attached hydrogens (primary N) is 1. The molecule has 2 aromatic carbocycles. The highest BCUT2D eigenvalue weighted by molar-refractivity contribution is 6.37. The third-order valence-corrected chi connectivity index (χ3v) is 7.96. The molecule has 2 N–H and O–H groups in total. The number of carbonyl (C=O) groups excluding carboxylic acids is 2. The van der Waals surface area contributed by atoms with Gasteiger partial charge in [0, 0.05) is 29.9 Å². The van der Waals surface area contributed by atoms with Crippen molar-refractivity contribution in [1.82, 2.24) is 19.3 Å². The predicted molar refractivity (Wildman–Crippen MR) is 138 cm³/mol. The molecule has 1 aliphatic heterocycles. The van der Waals surface area contributed by atoms with Crippen molar-refractivity contribution < 1.29 is 14.3 Å². The monoisotopic (exact) mass is 493 g/mol. The Morgan fingerprint density at radius 2 is 1.70 bits per heavy atom. The molecule has 0 radical (unpaired) electrons.